The summed E-state index contributed by atoms with van der Waals surface area (Å²) in [5.41, 5.74) is 2.29. The molecular formula is C19H23N3O2S. The molecule has 2 aromatic heterocycles. The Morgan fingerprint density at radius 3 is 2.56 bits per heavy atom. The van der Waals surface area contributed by atoms with Crippen LogP contribution in [0.1, 0.15) is 18.7 Å². The maximum atomic E-state index is 9.38. The second-order valence-corrected chi connectivity index (χ2v) is 6.87. The Hall–Kier alpha value is -2.18. The van der Waals surface area contributed by atoms with Crippen LogP contribution < -0.4 is 9.64 Å². The number of nitrogens with zero attached hydrogens (tertiary/aromatic N) is 3. The van der Waals surface area contributed by atoms with Gasteiger partial charge in [0.25, 0.3) is 0 Å². The highest BCUT2D eigenvalue weighted by molar-refractivity contribution is 7.19. The number of hydrogen-bond donors (Lipinski definition) is 1. The molecule has 6 heteroatoms. The number of aromatic nitrogens is 2. The van der Waals surface area contributed by atoms with E-state index in [-0.39, 0.29) is 6.61 Å². The summed E-state index contributed by atoms with van der Waals surface area (Å²) in [5, 5.41) is 10.4. The zero-order valence-electron chi connectivity index (χ0n) is 14.8. The van der Waals surface area contributed by atoms with Gasteiger partial charge in [0.15, 0.2) is 0 Å². The van der Waals surface area contributed by atoms with Gasteiger partial charge in [-0.15, -0.1) is 11.3 Å². The van der Waals surface area contributed by atoms with Gasteiger partial charge in [0.2, 0.25) is 0 Å². The van der Waals surface area contributed by atoms with Crippen LogP contribution in [0.15, 0.2) is 30.6 Å². The van der Waals surface area contributed by atoms with E-state index in [0.717, 1.165) is 39.5 Å². The molecule has 0 unspecified atom stereocenters. The molecule has 3 aromatic rings. The smallest absolute Gasteiger partial charge is 0.141 e. The molecule has 132 valence electrons. The third-order valence-corrected chi connectivity index (χ3v) is 5.16. The normalized spacial score (nSPS) is 11.0. The molecule has 0 bridgehead atoms. The van der Waals surface area contributed by atoms with Gasteiger partial charge in [-0.25, -0.2) is 9.97 Å². The Bertz CT molecular complexity index is 846. The molecule has 25 heavy (non-hydrogen) atoms. The number of hydrogen-bond acceptors (Lipinski definition) is 6. The van der Waals surface area contributed by atoms with Crippen LogP contribution in [0.5, 0.6) is 5.75 Å². The van der Waals surface area contributed by atoms with E-state index in [0.29, 0.717) is 13.2 Å². The fourth-order valence-corrected chi connectivity index (χ4v) is 4.04. The highest BCUT2D eigenvalue weighted by Crippen LogP contribution is 2.41. The average molecular weight is 357 g/mol. The number of aryl methyl sites for hydroxylation is 1. The van der Waals surface area contributed by atoms with Gasteiger partial charge >= 0.3 is 0 Å². The number of likely N-dealkylation sites (N-methyl/N-ethyl adjacent to an activating group) is 1. The molecule has 5 nitrogen and oxygen atoms in total. The van der Waals surface area contributed by atoms with Crippen molar-refractivity contribution >= 4 is 27.4 Å². The Labute approximate surface area is 151 Å². The highest BCUT2D eigenvalue weighted by Gasteiger charge is 2.19. The minimum atomic E-state index is 0.0981. The Morgan fingerprint density at radius 2 is 1.92 bits per heavy atom. The molecule has 1 N–H and O–H groups in total. The van der Waals surface area contributed by atoms with Crippen LogP contribution in [-0.4, -0.2) is 41.4 Å². The van der Waals surface area contributed by atoms with Gasteiger partial charge in [0.05, 0.1) is 18.6 Å². The maximum Gasteiger partial charge on any atom is 0.141 e. The number of aliphatic hydroxyl groups excluding tert-OH is 1. The number of aliphatic hydroxyl groups is 1. The van der Waals surface area contributed by atoms with E-state index in [1.165, 1.54) is 4.88 Å². The second kappa shape index (κ2) is 7.80. The van der Waals surface area contributed by atoms with Crippen molar-refractivity contribution in [2.45, 2.75) is 20.8 Å². The summed E-state index contributed by atoms with van der Waals surface area (Å²) in [5.74, 6) is 1.75. The zero-order chi connectivity index (χ0) is 17.8. The van der Waals surface area contributed by atoms with Crippen molar-refractivity contribution in [3.8, 4) is 16.9 Å². The molecule has 2 heterocycles. The van der Waals surface area contributed by atoms with E-state index in [1.807, 2.05) is 19.1 Å². The molecule has 0 aliphatic carbocycles. The van der Waals surface area contributed by atoms with E-state index < -0.39 is 0 Å². The fourth-order valence-electron chi connectivity index (χ4n) is 3.04. The van der Waals surface area contributed by atoms with E-state index in [9.17, 15) is 5.11 Å². The maximum absolute atomic E-state index is 9.38. The van der Waals surface area contributed by atoms with E-state index >= 15 is 0 Å². The minimum absolute atomic E-state index is 0.0981. The predicted octanol–water partition coefficient (Wildman–Crippen LogP) is 3.88. The molecular weight excluding hydrogens is 334 g/mol. The topological polar surface area (TPSA) is 58.5 Å². The summed E-state index contributed by atoms with van der Waals surface area (Å²) >= 11 is 1.68. The van der Waals surface area contributed by atoms with Crippen molar-refractivity contribution in [3.05, 3.63) is 35.5 Å². The van der Waals surface area contributed by atoms with Crippen molar-refractivity contribution in [2.24, 2.45) is 0 Å². The first-order valence-corrected chi connectivity index (χ1v) is 9.34. The molecule has 0 spiro atoms. The van der Waals surface area contributed by atoms with Crippen LogP contribution in [0.4, 0.5) is 5.82 Å². The van der Waals surface area contributed by atoms with Crippen LogP contribution in [0.3, 0.4) is 0 Å². The zero-order valence-corrected chi connectivity index (χ0v) is 15.6. The number of rotatable bonds is 7. The standard InChI is InChI=1S/C19H23N3O2S/c1-4-22(10-11-23)18-17-16(13(3)25-19(17)21-12-20-18)14-6-8-15(9-7-14)24-5-2/h6-9,12,23H,4-5,10-11H2,1-3H3. The number of ether oxygens (including phenoxy) is 1. The van der Waals surface area contributed by atoms with Crippen LogP contribution in [-0.2, 0) is 0 Å². The van der Waals surface area contributed by atoms with E-state index in [4.69, 9.17) is 4.74 Å². The number of fused-ring (bicyclic) bond motifs is 1. The lowest BCUT2D eigenvalue weighted by Gasteiger charge is -2.22. The number of thiophene rings is 1. The second-order valence-electron chi connectivity index (χ2n) is 5.67. The number of benzene rings is 1. The molecule has 0 saturated carbocycles. The van der Waals surface area contributed by atoms with Gasteiger partial charge in [0.1, 0.15) is 22.7 Å². The van der Waals surface area contributed by atoms with Gasteiger partial charge in [-0.2, -0.15) is 0 Å². The van der Waals surface area contributed by atoms with Gasteiger partial charge in [-0.1, -0.05) is 12.1 Å². The first-order chi connectivity index (χ1) is 12.2. The molecule has 0 fully saturated rings. The molecule has 0 amide bonds. The van der Waals surface area contributed by atoms with Gasteiger partial charge in [0, 0.05) is 23.5 Å². The van der Waals surface area contributed by atoms with Crippen molar-refractivity contribution in [2.75, 3.05) is 31.2 Å². The third kappa shape index (κ3) is 3.45. The van der Waals surface area contributed by atoms with Gasteiger partial charge in [-0.3, -0.25) is 0 Å². The largest absolute Gasteiger partial charge is 0.494 e. The average Bonchev–Trinajstić information content (AvgIpc) is 2.96. The lowest BCUT2D eigenvalue weighted by atomic mass is 10.0. The predicted molar refractivity (Wildman–Crippen MR) is 104 cm³/mol. The van der Waals surface area contributed by atoms with E-state index in [2.05, 4.69) is 40.8 Å². The van der Waals surface area contributed by atoms with Crippen LogP contribution in [0.2, 0.25) is 0 Å². The summed E-state index contributed by atoms with van der Waals surface area (Å²) in [4.78, 5) is 13.3. The monoisotopic (exact) mass is 357 g/mol. The Morgan fingerprint density at radius 1 is 1.16 bits per heavy atom. The molecule has 1 aromatic carbocycles. The van der Waals surface area contributed by atoms with Crippen molar-refractivity contribution in [1.82, 2.24) is 9.97 Å². The quantitative estimate of drug-likeness (QED) is 0.695. The Kier molecular flexibility index (Phi) is 5.50. The van der Waals surface area contributed by atoms with Crippen molar-refractivity contribution < 1.29 is 9.84 Å². The summed E-state index contributed by atoms with van der Waals surface area (Å²) in [7, 11) is 0. The third-order valence-electron chi connectivity index (χ3n) is 4.15. The SMILES string of the molecule is CCOc1ccc(-c2c(C)sc3ncnc(N(CC)CCO)c23)cc1. The molecule has 0 radical (unpaired) electrons. The van der Waals surface area contributed by atoms with Crippen molar-refractivity contribution in [3.63, 3.8) is 0 Å². The van der Waals surface area contributed by atoms with Crippen molar-refractivity contribution in [1.29, 1.82) is 0 Å². The summed E-state index contributed by atoms with van der Waals surface area (Å²) in [6.45, 7) is 8.26. The van der Waals surface area contributed by atoms with Crippen LogP contribution >= 0.6 is 11.3 Å². The summed E-state index contributed by atoms with van der Waals surface area (Å²) in [6, 6.07) is 8.16. The lowest BCUT2D eigenvalue weighted by molar-refractivity contribution is 0.302. The summed E-state index contributed by atoms with van der Waals surface area (Å²) < 4.78 is 5.55. The molecule has 0 aliphatic rings. The lowest BCUT2D eigenvalue weighted by Crippen LogP contribution is -2.27. The first-order valence-electron chi connectivity index (χ1n) is 8.52. The van der Waals surface area contributed by atoms with E-state index in [1.54, 1.807) is 17.7 Å². The molecule has 3 rings (SSSR count). The summed E-state index contributed by atoms with van der Waals surface area (Å²) in [6.07, 6.45) is 1.61. The Balaban J connectivity index is 2.15. The van der Waals surface area contributed by atoms with Gasteiger partial charge in [-0.05, 0) is 38.5 Å². The molecule has 0 aliphatic heterocycles. The highest BCUT2D eigenvalue weighted by atomic mass is 32.1. The fraction of sp³-hybridized carbons (Fsp3) is 0.368. The van der Waals surface area contributed by atoms with Crippen LogP contribution in [0, 0.1) is 6.92 Å². The first kappa shape index (κ1) is 17.6. The van der Waals surface area contributed by atoms with Gasteiger partial charge < -0.3 is 14.7 Å². The minimum Gasteiger partial charge on any atom is -0.494 e. The molecule has 0 saturated heterocycles. The van der Waals surface area contributed by atoms with Crippen LogP contribution in [0.25, 0.3) is 21.3 Å². The number of anilines is 1. The molecule has 0 atom stereocenters.